The van der Waals surface area contributed by atoms with Gasteiger partial charge in [0.2, 0.25) is 5.95 Å². The van der Waals surface area contributed by atoms with Gasteiger partial charge in [0.05, 0.1) is 27.8 Å². The fraction of sp³-hybridized carbons (Fsp3) is 0.0476. The molecule has 0 atom stereocenters. The van der Waals surface area contributed by atoms with Gasteiger partial charge < -0.3 is 4.57 Å². The van der Waals surface area contributed by atoms with Crippen LogP contribution in [0.15, 0.2) is 218 Å². The van der Waals surface area contributed by atoms with Crippen LogP contribution < -0.4 is 0 Å². The lowest BCUT2D eigenvalue weighted by Gasteiger charge is -2.21. The lowest BCUT2D eigenvalue weighted by Crippen LogP contribution is -2.14. The third kappa shape index (κ3) is 6.31. The summed E-state index contributed by atoms with van der Waals surface area (Å²) < 4.78 is 4.60. The van der Waals surface area contributed by atoms with E-state index in [9.17, 15) is 0 Å². The molecule has 0 radical (unpaired) electrons. The predicted octanol–water partition coefficient (Wildman–Crippen LogP) is 14.9. The van der Waals surface area contributed by atoms with Gasteiger partial charge in [-0.1, -0.05) is 202 Å². The number of aromatic nitrogens is 8. The van der Waals surface area contributed by atoms with E-state index in [2.05, 4.69) is 163 Å². The zero-order chi connectivity index (χ0) is 47.2. The molecule has 334 valence electrons. The summed E-state index contributed by atoms with van der Waals surface area (Å²) in [5.74, 6) is 3.56. The highest BCUT2D eigenvalue weighted by molar-refractivity contribution is 6.26. The van der Waals surface area contributed by atoms with Crippen molar-refractivity contribution in [1.82, 2.24) is 39.0 Å². The van der Waals surface area contributed by atoms with Crippen molar-refractivity contribution in [3.05, 3.63) is 230 Å². The Labute approximate surface area is 409 Å². The Bertz CT molecular complexity index is 4190. The van der Waals surface area contributed by atoms with Crippen LogP contribution in [-0.2, 0) is 5.41 Å². The van der Waals surface area contributed by atoms with E-state index in [-0.39, 0.29) is 5.41 Å². The minimum atomic E-state index is -0.182. The first-order chi connectivity index (χ1) is 35.0. The topological polar surface area (TPSA) is 87.2 Å². The zero-order valence-corrected chi connectivity index (χ0v) is 38.9. The summed E-state index contributed by atoms with van der Waals surface area (Å²) in [5.41, 5.74) is 14.4. The van der Waals surface area contributed by atoms with Crippen molar-refractivity contribution >= 4 is 43.6 Å². The van der Waals surface area contributed by atoms with Gasteiger partial charge in [-0.2, -0.15) is 9.97 Å². The summed E-state index contributed by atoms with van der Waals surface area (Å²) in [6, 6.07) is 76.0. The van der Waals surface area contributed by atoms with Crippen molar-refractivity contribution in [3.8, 4) is 79.7 Å². The fourth-order valence-corrected chi connectivity index (χ4v) is 11.0. The van der Waals surface area contributed by atoms with E-state index >= 15 is 0 Å². The van der Waals surface area contributed by atoms with Gasteiger partial charge in [0.25, 0.3) is 0 Å². The summed E-state index contributed by atoms with van der Waals surface area (Å²) in [7, 11) is 0. The molecular weight excluding hydrogens is 869 g/mol. The Balaban J connectivity index is 1.04. The number of para-hydroxylation sites is 3. The SMILES string of the molecule is CC1(C)c2ccccc2-c2c(-c3nc(-c4ccccc4)nc(-c4ccccc4-n4c5ccccc5c5c4ccc4c6ccccc6n(-c6nc(-c7ccccc7)nc(-c7ccccc7)n6)c45)n3)cccc21. The molecule has 0 unspecified atom stereocenters. The van der Waals surface area contributed by atoms with Crippen LogP contribution in [0.1, 0.15) is 25.0 Å². The maximum Gasteiger partial charge on any atom is 0.238 e. The molecule has 71 heavy (non-hydrogen) atoms. The highest BCUT2D eigenvalue weighted by Gasteiger charge is 2.37. The molecule has 0 N–H and O–H groups in total. The van der Waals surface area contributed by atoms with Crippen LogP contribution in [0.3, 0.4) is 0 Å². The van der Waals surface area contributed by atoms with Gasteiger partial charge in [-0.25, -0.2) is 19.9 Å². The molecule has 4 heterocycles. The fourth-order valence-electron chi connectivity index (χ4n) is 11.0. The smallest absolute Gasteiger partial charge is 0.238 e. The molecule has 0 spiro atoms. The number of hydrogen-bond acceptors (Lipinski definition) is 6. The van der Waals surface area contributed by atoms with Crippen LogP contribution in [0, 0.1) is 0 Å². The molecular formula is C63H42N8. The van der Waals surface area contributed by atoms with E-state index in [0.29, 0.717) is 35.1 Å². The molecule has 8 heteroatoms. The second-order valence-corrected chi connectivity index (χ2v) is 18.7. The first-order valence-corrected chi connectivity index (χ1v) is 24.0. The predicted molar refractivity (Wildman–Crippen MR) is 287 cm³/mol. The molecule has 8 nitrogen and oxygen atoms in total. The Morgan fingerprint density at radius 3 is 1.48 bits per heavy atom. The third-order valence-corrected chi connectivity index (χ3v) is 14.3. The van der Waals surface area contributed by atoms with Gasteiger partial charge in [-0.15, -0.1) is 0 Å². The van der Waals surface area contributed by atoms with Crippen LogP contribution in [0.2, 0.25) is 0 Å². The number of nitrogens with zero attached hydrogens (tertiary/aromatic N) is 8. The second-order valence-electron chi connectivity index (χ2n) is 18.7. The van der Waals surface area contributed by atoms with Gasteiger partial charge in [0.15, 0.2) is 29.1 Å². The summed E-state index contributed by atoms with van der Waals surface area (Å²) in [4.78, 5) is 31.7. The summed E-state index contributed by atoms with van der Waals surface area (Å²) in [5, 5.41) is 4.38. The standard InChI is InChI=1S/C63H42N8/c1-63(2)48-32-16-12-28-44(48)54-47(31-20-33-49(54)63)61-66-57(39-21-6-3-7-22-39)65-60(67-61)46-30-15-19-36-52(46)70-51-35-18-14-29-45(51)55-53(70)38-37-43-42-27-13-17-34-50(42)71(56(43)55)62-68-58(40-23-8-4-9-24-40)64-59(69-62)41-25-10-5-11-26-41/h3-38H,1-2H3. The minimum Gasteiger partial charge on any atom is -0.308 e. The van der Waals surface area contributed by atoms with E-state index in [1.165, 1.54) is 22.3 Å². The average molecular weight is 911 g/mol. The largest absolute Gasteiger partial charge is 0.308 e. The number of benzene rings is 9. The number of rotatable bonds is 7. The van der Waals surface area contributed by atoms with Crippen LogP contribution in [0.5, 0.6) is 0 Å². The molecule has 4 aromatic heterocycles. The molecule has 1 aliphatic rings. The molecule has 0 aliphatic heterocycles. The van der Waals surface area contributed by atoms with E-state index < -0.39 is 0 Å². The van der Waals surface area contributed by atoms with Gasteiger partial charge >= 0.3 is 0 Å². The van der Waals surface area contributed by atoms with Crippen LogP contribution in [0.25, 0.3) is 123 Å². The highest BCUT2D eigenvalue weighted by atomic mass is 15.2. The first kappa shape index (κ1) is 40.6. The van der Waals surface area contributed by atoms with Crippen molar-refractivity contribution in [2.75, 3.05) is 0 Å². The molecule has 14 rings (SSSR count). The molecule has 0 bridgehead atoms. The number of fused-ring (bicyclic) bond motifs is 10. The monoisotopic (exact) mass is 910 g/mol. The van der Waals surface area contributed by atoms with E-state index in [1.807, 2.05) is 78.9 Å². The average Bonchev–Trinajstić information content (AvgIpc) is 4.04. The highest BCUT2D eigenvalue weighted by Crippen LogP contribution is 2.52. The Hall–Kier alpha value is -9.40. The van der Waals surface area contributed by atoms with Crippen molar-refractivity contribution in [2.24, 2.45) is 0 Å². The second kappa shape index (κ2) is 15.8. The first-order valence-electron chi connectivity index (χ1n) is 24.0. The maximum atomic E-state index is 5.47. The Kier molecular flexibility index (Phi) is 9.06. The normalized spacial score (nSPS) is 12.8. The van der Waals surface area contributed by atoms with Crippen molar-refractivity contribution in [3.63, 3.8) is 0 Å². The van der Waals surface area contributed by atoms with Gasteiger partial charge in [0, 0.05) is 54.8 Å². The molecule has 0 fully saturated rings. The molecule has 0 saturated carbocycles. The molecule has 1 aliphatic carbocycles. The van der Waals surface area contributed by atoms with E-state index in [1.54, 1.807) is 0 Å². The quantitative estimate of drug-likeness (QED) is 0.158. The zero-order valence-electron chi connectivity index (χ0n) is 38.9. The molecule has 13 aromatic rings. The van der Waals surface area contributed by atoms with E-state index in [0.717, 1.165) is 77.1 Å². The molecule has 0 saturated heterocycles. The minimum absolute atomic E-state index is 0.182. The Morgan fingerprint density at radius 1 is 0.324 bits per heavy atom. The maximum absolute atomic E-state index is 5.47. The Morgan fingerprint density at radius 2 is 0.803 bits per heavy atom. The molecule has 9 aromatic carbocycles. The lowest BCUT2D eigenvalue weighted by atomic mass is 9.82. The van der Waals surface area contributed by atoms with Crippen LogP contribution in [-0.4, -0.2) is 39.0 Å². The van der Waals surface area contributed by atoms with Crippen molar-refractivity contribution < 1.29 is 0 Å². The number of hydrogen-bond donors (Lipinski definition) is 0. The van der Waals surface area contributed by atoms with Gasteiger partial charge in [0.1, 0.15) is 0 Å². The van der Waals surface area contributed by atoms with E-state index in [4.69, 9.17) is 29.9 Å². The van der Waals surface area contributed by atoms with Gasteiger partial charge in [-0.3, -0.25) is 4.57 Å². The summed E-state index contributed by atoms with van der Waals surface area (Å²) >= 11 is 0. The van der Waals surface area contributed by atoms with Crippen molar-refractivity contribution in [2.45, 2.75) is 19.3 Å². The lowest BCUT2D eigenvalue weighted by molar-refractivity contribution is 0.660. The summed E-state index contributed by atoms with van der Waals surface area (Å²) in [6.45, 7) is 4.61. The summed E-state index contributed by atoms with van der Waals surface area (Å²) in [6.07, 6.45) is 0. The van der Waals surface area contributed by atoms with Crippen LogP contribution in [0.4, 0.5) is 0 Å². The third-order valence-electron chi connectivity index (χ3n) is 14.3. The van der Waals surface area contributed by atoms with Gasteiger partial charge in [-0.05, 0) is 52.6 Å². The molecule has 0 amide bonds. The van der Waals surface area contributed by atoms with Crippen LogP contribution >= 0.6 is 0 Å². The van der Waals surface area contributed by atoms with Crippen molar-refractivity contribution in [1.29, 1.82) is 0 Å².